The van der Waals surface area contributed by atoms with Gasteiger partial charge in [0.15, 0.2) is 0 Å². The molecule has 1 rings (SSSR count). The Bertz CT molecular complexity index is 482. The number of nitrogens with one attached hydrogen (secondary N) is 1. The van der Waals surface area contributed by atoms with Crippen molar-refractivity contribution >= 4 is 45.3 Å². The first-order valence-electron chi connectivity index (χ1n) is 5.46. The molecular weight excluding hydrogens is 332 g/mol. The van der Waals surface area contributed by atoms with Gasteiger partial charge < -0.3 is 15.8 Å². The summed E-state index contributed by atoms with van der Waals surface area (Å²) in [4.78, 5) is 23.4. The van der Waals surface area contributed by atoms with Crippen LogP contribution in [-0.2, 0) is 14.3 Å². The quantitative estimate of drug-likeness (QED) is 0.482. The van der Waals surface area contributed by atoms with Crippen LogP contribution in [0, 0.1) is 0 Å². The van der Waals surface area contributed by atoms with Crippen LogP contribution < -0.4 is 11.1 Å². The van der Waals surface area contributed by atoms with Gasteiger partial charge in [-0.1, -0.05) is 15.9 Å². The molecule has 0 bridgehead atoms. The molecule has 0 saturated carbocycles. The van der Waals surface area contributed by atoms with Crippen LogP contribution in [0.3, 0.4) is 0 Å². The number of benzene rings is 1. The molecule has 1 aromatic rings. The first-order chi connectivity index (χ1) is 8.93. The molecule has 3 N–H and O–H groups in total. The molecule has 0 heterocycles. The van der Waals surface area contributed by atoms with E-state index in [0.717, 1.165) is 9.37 Å². The summed E-state index contributed by atoms with van der Waals surface area (Å²) in [5.41, 5.74) is 6.47. The summed E-state index contributed by atoms with van der Waals surface area (Å²) in [7, 11) is 1.29. The highest BCUT2D eigenvalue weighted by Gasteiger charge is 2.20. The summed E-state index contributed by atoms with van der Waals surface area (Å²) in [5, 5.41) is 2.55. The fourth-order valence-corrected chi connectivity index (χ4v) is 2.89. The van der Waals surface area contributed by atoms with E-state index in [1.54, 1.807) is 6.07 Å². The number of esters is 1. The van der Waals surface area contributed by atoms with Crippen LogP contribution in [0.5, 0.6) is 0 Å². The predicted octanol–water partition coefficient (Wildman–Crippen LogP) is 1.80. The zero-order chi connectivity index (χ0) is 14.4. The lowest BCUT2D eigenvalue weighted by molar-refractivity contribution is -0.144. The van der Waals surface area contributed by atoms with Crippen LogP contribution in [0.1, 0.15) is 6.92 Å². The molecule has 0 radical (unpaired) electrons. The van der Waals surface area contributed by atoms with Crippen molar-refractivity contribution in [3.8, 4) is 0 Å². The number of rotatable bonds is 5. The number of carbonyl (C=O) groups excluding carboxylic acids is 2. The number of carbonyl (C=O) groups is 2. The molecule has 0 fully saturated rings. The van der Waals surface area contributed by atoms with Gasteiger partial charge in [0, 0.05) is 27.7 Å². The minimum Gasteiger partial charge on any atom is -0.467 e. The number of hydrogen-bond acceptors (Lipinski definition) is 5. The third-order valence-corrected chi connectivity index (χ3v) is 3.90. The Morgan fingerprint density at radius 3 is 2.79 bits per heavy atom. The molecule has 104 valence electrons. The molecule has 1 amide bonds. The Hall–Kier alpha value is -1.21. The Labute approximate surface area is 124 Å². The molecule has 0 spiro atoms. The van der Waals surface area contributed by atoms with Crippen LogP contribution in [0.25, 0.3) is 0 Å². The van der Waals surface area contributed by atoms with Crippen molar-refractivity contribution < 1.29 is 14.3 Å². The van der Waals surface area contributed by atoms with Gasteiger partial charge in [0.25, 0.3) is 0 Å². The van der Waals surface area contributed by atoms with E-state index < -0.39 is 12.0 Å². The van der Waals surface area contributed by atoms with Crippen LogP contribution in [0.4, 0.5) is 5.69 Å². The molecule has 0 aliphatic rings. The zero-order valence-corrected chi connectivity index (χ0v) is 13.0. The number of nitrogens with two attached hydrogens (primary N) is 1. The van der Waals surface area contributed by atoms with E-state index in [0.29, 0.717) is 11.4 Å². The van der Waals surface area contributed by atoms with Crippen LogP contribution >= 0.6 is 27.7 Å². The van der Waals surface area contributed by atoms with Crippen molar-refractivity contribution in [2.24, 2.45) is 0 Å². The lowest BCUT2D eigenvalue weighted by Gasteiger charge is -2.15. The second-order valence-electron chi connectivity index (χ2n) is 3.77. The molecule has 0 aromatic heterocycles. The number of nitrogen functional groups attached to an aromatic ring is 1. The van der Waals surface area contributed by atoms with Gasteiger partial charge in [0.2, 0.25) is 5.91 Å². The lowest BCUT2D eigenvalue weighted by atomic mass is 10.3. The van der Waals surface area contributed by atoms with Gasteiger partial charge >= 0.3 is 5.97 Å². The summed E-state index contributed by atoms with van der Waals surface area (Å²) in [6.45, 7) is 1.36. The van der Waals surface area contributed by atoms with Gasteiger partial charge in [0.1, 0.15) is 6.04 Å². The summed E-state index contributed by atoms with van der Waals surface area (Å²) < 4.78 is 5.55. The molecule has 0 aliphatic heterocycles. The number of hydrogen-bond donors (Lipinski definition) is 2. The van der Waals surface area contributed by atoms with Gasteiger partial charge in [-0.05, 0) is 18.2 Å². The van der Waals surface area contributed by atoms with Gasteiger partial charge in [-0.25, -0.2) is 4.79 Å². The lowest BCUT2D eigenvalue weighted by Crippen LogP contribution is -2.42. The number of halogens is 1. The Morgan fingerprint density at radius 1 is 1.53 bits per heavy atom. The average molecular weight is 347 g/mol. The fourth-order valence-electron chi connectivity index (χ4n) is 1.36. The molecule has 1 unspecified atom stereocenters. The minimum atomic E-state index is -0.689. The second kappa shape index (κ2) is 7.40. The van der Waals surface area contributed by atoms with Crippen molar-refractivity contribution in [1.29, 1.82) is 0 Å². The SMILES string of the molecule is COC(=O)C(CSc1cc(Br)ccc1N)NC(C)=O. The number of ether oxygens (including phenoxy) is 1. The molecular formula is C12H15BrN2O3S. The predicted molar refractivity (Wildman–Crippen MR) is 78.9 cm³/mol. The first-order valence-corrected chi connectivity index (χ1v) is 7.24. The third-order valence-electron chi connectivity index (χ3n) is 2.24. The second-order valence-corrected chi connectivity index (χ2v) is 5.75. The standard InChI is InChI=1S/C12H15BrN2O3S/c1-7(16)15-10(12(17)18-2)6-19-11-5-8(13)3-4-9(11)14/h3-5,10H,6,14H2,1-2H3,(H,15,16). The summed E-state index contributed by atoms with van der Waals surface area (Å²) >= 11 is 4.74. The van der Waals surface area contributed by atoms with Gasteiger partial charge in [-0.3, -0.25) is 4.79 Å². The maximum absolute atomic E-state index is 11.5. The fraction of sp³-hybridized carbons (Fsp3) is 0.333. The van der Waals surface area contributed by atoms with Crippen LogP contribution in [-0.4, -0.2) is 30.8 Å². The van der Waals surface area contributed by atoms with E-state index in [9.17, 15) is 9.59 Å². The van der Waals surface area contributed by atoms with E-state index in [4.69, 9.17) is 5.73 Å². The molecule has 1 aromatic carbocycles. The Kier molecular flexibility index (Phi) is 6.17. The van der Waals surface area contributed by atoms with Gasteiger partial charge in [-0.15, -0.1) is 11.8 Å². The van der Waals surface area contributed by atoms with E-state index in [-0.39, 0.29) is 5.91 Å². The van der Waals surface area contributed by atoms with Crippen molar-refractivity contribution in [1.82, 2.24) is 5.32 Å². The van der Waals surface area contributed by atoms with Crippen molar-refractivity contribution in [2.45, 2.75) is 17.9 Å². The van der Waals surface area contributed by atoms with E-state index in [1.165, 1.54) is 25.8 Å². The summed E-state index contributed by atoms with van der Waals surface area (Å²) in [5.74, 6) is -0.401. The molecule has 7 heteroatoms. The first kappa shape index (κ1) is 15.8. The monoisotopic (exact) mass is 346 g/mol. The number of methoxy groups -OCH3 is 1. The molecule has 5 nitrogen and oxygen atoms in total. The Morgan fingerprint density at radius 2 is 2.21 bits per heavy atom. The number of amides is 1. The van der Waals surface area contributed by atoms with Crippen molar-refractivity contribution in [3.05, 3.63) is 22.7 Å². The Balaban J connectivity index is 2.72. The largest absolute Gasteiger partial charge is 0.467 e. The molecule has 0 aliphatic carbocycles. The number of anilines is 1. The van der Waals surface area contributed by atoms with E-state index in [2.05, 4.69) is 26.0 Å². The summed E-state index contributed by atoms with van der Waals surface area (Å²) in [6, 6.07) is 4.79. The number of thioether (sulfide) groups is 1. The van der Waals surface area contributed by atoms with Crippen LogP contribution in [0.15, 0.2) is 27.6 Å². The van der Waals surface area contributed by atoms with Gasteiger partial charge in [-0.2, -0.15) is 0 Å². The minimum absolute atomic E-state index is 0.279. The third kappa shape index (κ3) is 5.12. The highest BCUT2D eigenvalue weighted by Crippen LogP contribution is 2.28. The van der Waals surface area contributed by atoms with Gasteiger partial charge in [0.05, 0.1) is 7.11 Å². The average Bonchev–Trinajstić information content (AvgIpc) is 2.36. The van der Waals surface area contributed by atoms with Crippen molar-refractivity contribution in [2.75, 3.05) is 18.6 Å². The maximum Gasteiger partial charge on any atom is 0.329 e. The van der Waals surface area contributed by atoms with Crippen LogP contribution in [0.2, 0.25) is 0 Å². The molecule has 1 atom stereocenters. The maximum atomic E-state index is 11.5. The normalized spacial score (nSPS) is 11.7. The topological polar surface area (TPSA) is 81.4 Å². The zero-order valence-electron chi connectivity index (χ0n) is 10.6. The molecule has 19 heavy (non-hydrogen) atoms. The van der Waals surface area contributed by atoms with Crippen molar-refractivity contribution in [3.63, 3.8) is 0 Å². The highest BCUT2D eigenvalue weighted by molar-refractivity contribution is 9.10. The highest BCUT2D eigenvalue weighted by atomic mass is 79.9. The molecule has 0 saturated heterocycles. The summed E-state index contributed by atoms with van der Waals surface area (Å²) in [6.07, 6.45) is 0. The van der Waals surface area contributed by atoms with E-state index in [1.807, 2.05) is 12.1 Å². The van der Waals surface area contributed by atoms with E-state index >= 15 is 0 Å². The smallest absolute Gasteiger partial charge is 0.329 e.